The summed E-state index contributed by atoms with van der Waals surface area (Å²) in [5.41, 5.74) is 0.186. The Balaban J connectivity index is 1.99. The lowest BCUT2D eigenvalue weighted by atomic mass is 9.92. The number of rotatable bonds is 11. The topological polar surface area (TPSA) is 82.1 Å². The van der Waals surface area contributed by atoms with Gasteiger partial charge < -0.3 is 14.2 Å². The van der Waals surface area contributed by atoms with E-state index in [0.717, 1.165) is 15.9 Å². The van der Waals surface area contributed by atoms with Crippen molar-refractivity contribution in [3.8, 4) is 0 Å². The molecule has 0 radical (unpaired) electrons. The van der Waals surface area contributed by atoms with Crippen molar-refractivity contribution in [1.82, 2.24) is 4.90 Å². The third-order valence-corrected chi connectivity index (χ3v) is 11.5. The molecule has 0 saturated carbocycles. The van der Waals surface area contributed by atoms with Crippen molar-refractivity contribution in [3.05, 3.63) is 116 Å². The number of nitrogens with zero attached hydrogens (tertiary/aromatic N) is 1. The molecule has 212 valence electrons. The molecule has 4 rings (SSSR count). The van der Waals surface area contributed by atoms with Crippen LogP contribution in [0.1, 0.15) is 6.92 Å². The van der Waals surface area contributed by atoms with E-state index in [-0.39, 0.29) is 18.6 Å². The molecule has 0 N–H and O–H groups in total. The minimum Gasteiger partial charge on any atom is -0.457 e. The van der Waals surface area contributed by atoms with E-state index in [1.165, 1.54) is 17.1 Å². The number of amides is 1. The Morgan fingerprint density at radius 1 is 0.854 bits per heavy atom. The fourth-order valence-corrected chi connectivity index (χ4v) is 9.98. The fraction of sp³-hybridized carbons (Fsp3) is 0.188. The van der Waals surface area contributed by atoms with Crippen molar-refractivity contribution in [2.75, 3.05) is 13.2 Å². The lowest BCUT2D eigenvalue weighted by Gasteiger charge is -2.49. The predicted molar refractivity (Wildman–Crippen MR) is 167 cm³/mol. The summed E-state index contributed by atoms with van der Waals surface area (Å²) < 4.78 is 16.0. The number of hydrogen-bond donors (Lipinski definition) is 1. The highest BCUT2D eigenvalue weighted by Gasteiger charge is 2.55. The second-order valence-electron chi connectivity index (χ2n) is 9.21. The number of carbonyl (C=O) groups is 3. The Hall–Kier alpha value is -4.00. The first-order valence-electron chi connectivity index (χ1n) is 13.0. The fourth-order valence-electron chi connectivity index (χ4n) is 4.92. The second-order valence-corrected chi connectivity index (χ2v) is 13.1. The van der Waals surface area contributed by atoms with Crippen LogP contribution in [-0.4, -0.2) is 53.0 Å². The summed E-state index contributed by atoms with van der Waals surface area (Å²) in [6.45, 7) is 5.69. The van der Waals surface area contributed by atoms with E-state index in [0.29, 0.717) is 0 Å². The minimum atomic E-state index is -3.03. The molecule has 3 atom stereocenters. The largest absolute Gasteiger partial charge is 0.508 e. The quantitative estimate of drug-likeness (QED) is 0.118. The van der Waals surface area contributed by atoms with E-state index in [2.05, 4.69) is 13.2 Å². The molecule has 41 heavy (non-hydrogen) atoms. The van der Waals surface area contributed by atoms with Crippen LogP contribution >= 0.6 is 19.5 Å². The minimum absolute atomic E-state index is 0.0219. The van der Waals surface area contributed by atoms with Crippen molar-refractivity contribution in [2.24, 2.45) is 5.92 Å². The SMILES string of the molecule is C=CCOC(=O)O[C@H](C)[C@H]1C(=O)N(C(C(=O)OCC=C)=P(c2ccccc2)(c2ccccc2)c2ccccc2)[C@@H]1S. The zero-order chi connectivity index (χ0) is 29.4. The number of likely N-dealkylation sites (tertiary alicyclic amines) is 1. The molecular weight excluding hydrogens is 557 g/mol. The van der Waals surface area contributed by atoms with Crippen molar-refractivity contribution in [3.63, 3.8) is 0 Å². The molecule has 0 bridgehead atoms. The van der Waals surface area contributed by atoms with E-state index in [9.17, 15) is 14.4 Å². The smallest absolute Gasteiger partial charge is 0.457 e. The summed E-state index contributed by atoms with van der Waals surface area (Å²) in [7, 11) is 0. The molecular formula is C32H32NO6PS. The molecule has 0 spiro atoms. The molecule has 0 aromatic heterocycles. The molecule has 3 aromatic rings. The number of benzene rings is 3. The Morgan fingerprint density at radius 3 is 1.71 bits per heavy atom. The van der Waals surface area contributed by atoms with Gasteiger partial charge in [0.15, 0.2) is 0 Å². The highest BCUT2D eigenvalue weighted by Crippen LogP contribution is 2.50. The van der Waals surface area contributed by atoms with Gasteiger partial charge in [-0.25, -0.2) is 9.59 Å². The third kappa shape index (κ3) is 5.90. The first-order chi connectivity index (χ1) is 19.9. The Labute approximate surface area is 245 Å². The maximum Gasteiger partial charge on any atom is 0.508 e. The first-order valence-corrected chi connectivity index (χ1v) is 15.3. The Bertz CT molecular complexity index is 1360. The Kier molecular flexibility index (Phi) is 9.92. The summed E-state index contributed by atoms with van der Waals surface area (Å²) in [4.78, 5) is 41.6. The van der Waals surface area contributed by atoms with Crippen molar-refractivity contribution in [1.29, 1.82) is 0 Å². The zero-order valence-corrected chi connectivity index (χ0v) is 24.5. The second kappa shape index (κ2) is 13.6. The third-order valence-electron chi connectivity index (χ3n) is 6.71. The highest BCUT2D eigenvalue weighted by atomic mass is 32.1. The van der Waals surface area contributed by atoms with Crippen LogP contribution in [0.4, 0.5) is 4.79 Å². The van der Waals surface area contributed by atoms with Gasteiger partial charge in [-0.2, -0.15) is 12.6 Å². The van der Waals surface area contributed by atoms with E-state index in [1.807, 2.05) is 91.0 Å². The first kappa shape index (κ1) is 30.0. The molecule has 7 nitrogen and oxygen atoms in total. The van der Waals surface area contributed by atoms with Crippen LogP contribution in [0.15, 0.2) is 116 Å². The van der Waals surface area contributed by atoms with E-state index >= 15 is 0 Å². The summed E-state index contributed by atoms with van der Waals surface area (Å²) in [5.74, 6) is -1.88. The molecule has 0 unspecified atom stereocenters. The monoisotopic (exact) mass is 589 g/mol. The molecule has 9 heteroatoms. The van der Waals surface area contributed by atoms with Crippen LogP contribution in [0.5, 0.6) is 0 Å². The van der Waals surface area contributed by atoms with Crippen LogP contribution in [-0.2, 0) is 23.8 Å². The van der Waals surface area contributed by atoms with Gasteiger partial charge in [0, 0.05) is 6.89 Å². The lowest BCUT2D eigenvalue weighted by molar-refractivity contribution is -0.152. The zero-order valence-electron chi connectivity index (χ0n) is 22.7. The van der Waals surface area contributed by atoms with E-state index < -0.39 is 42.3 Å². The molecule has 3 aromatic carbocycles. The standard InChI is InChI=1S/C32H32NO6PS/c1-4-21-37-31(35)29(33-28(34)27(30(33)41)23(3)39-32(36)38-22-5-2)40(24-15-9-6-10-16-24,25-17-11-7-12-18-25)26-19-13-8-14-20-26/h4-20,23,27,30,41H,1-2,21-22H2,3H3/t23-,27+,30-/m1/s1. The highest BCUT2D eigenvalue weighted by molar-refractivity contribution is 7.96. The predicted octanol–water partition coefficient (Wildman–Crippen LogP) is 4.28. The van der Waals surface area contributed by atoms with Crippen molar-refractivity contribution >= 4 is 58.9 Å². The number of esters is 1. The normalized spacial score (nSPS) is 17.0. The van der Waals surface area contributed by atoms with Crippen LogP contribution in [0.2, 0.25) is 0 Å². The Morgan fingerprint density at radius 2 is 1.29 bits per heavy atom. The molecule has 1 aliphatic rings. The maximum atomic E-state index is 14.1. The number of β-lactam (4-membered cyclic amide) rings is 1. The maximum absolute atomic E-state index is 14.1. The van der Waals surface area contributed by atoms with Crippen LogP contribution in [0, 0.1) is 5.92 Å². The molecule has 1 amide bonds. The summed E-state index contributed by atoms with van der Waals surface area (Å²) >= 11 is 4.79. The number of carbonyl (C=O) groups excluding carboxylic acids is 3. The van der Waals surface area contributed by atoms with E-state index in [1.54, 1.807) is 6.92 Å². The number of ether oxygens (including phenoxy) is 3. The van der Waals surface area contributed by atoms with Gasteiger partial charge in [-0.15, -0.1) is 0 Å². The van der Waals surface area contributed by atoms with Gasteiger partial charge >= 0.3 is 12.1 Å². The summed E-state index contributed by atoms with van der Waals surface area (Å²) in [6.07, 6.45) is 1.12. The molecule has 1 saturated heterocycles. The summed E-state index contributed by atoms with van der Waals surface area (Å²) in [6, 6.07) is 28.9. The molecule has 1 heterocycles. The number of thiol groups is 1. The van der Waals surface area contributed by atoms with Gasteiger partial charge in [-0.3, -0.25) is 9.69 Å². The van der Waals surface area contributed by atoms with Crippen LogP contribution in [0.3, 0.4) is 0 Å². The van der Waals surface area contributed by atoms with Gasteiger partial charge in [0.1, 0.15) is 30.7 Å². The molecule has 0 aliphatic carbocycles. The van der Waals surface area contributed by atoms with Gasteiger partial charge in [0.05, 0.1) is 5.37 Å². The summed E-state index contributed by atoms with van der Waals surface area (Å²) in [5, 5.41) is 1.79. The van der Waals surface area contributed by atoms with Crippen LogP contribution < -0.4 is 15.9 Å². The van der Waals surface area contributed by atoms with Gasteiger partial charge in [0.2, 0.25) is 5.91 Å². The van der Waals surface area contributed by atoms with Crippen LogP contribution in [0.25, 0.3) is 0 Å². The van der Waals surface area contributed by atoms with Gasteiger partial charge in [-0.1, -0.05) is 116 Å². The number of hydrogen-bond acceptors (Lipinski definition) is 7. The van der Waals surface area contributed by atoms with Gasteiger partial charge in [0.25, 0.3) is 0 Å². The van der Waals surface area contributed by atoms with Crippen molar-refractivity contribution in [2.45, 2.75) is 18.4 Å². The molecule has 1 fully saturated rings. The van der Waals surface area contributed by atoms with Crippen molar-refractivity contribution < 1.29 is 28.6 Å². The lowest BCUT2D eigenvalue weighted by Crippen LogP contribution is -2.66. The van der Waals surface area contributed by atoms with Gasteiger partial charge in [-0.05, 0) is 22.8 Å². The average Bonchev–Trinajstić information content (AvgIpc) is 3.00. The van der Waals surface area contributed by atoms with E-state index in [4.69, 9.17) is 26.8 Å². The molecule has 1 aliphatic heterocycles. The average molecular weight is 590 g/mol.